The molecule has 0 aromatic heterocycles. The molecular formula is C33H32F3N3. The lowest BCUT2D eigenvalue weighted by Crippen LogP contribution is -2.21. The van der Waals surface area contributed by atoms with Gasteiger partial charge in [-0.3, -0.25) is 4.99 Å². The van der Waals surface area contributed by atoms with Crippen LogP contribution in [0.3, 0.4) is 0 Å². The standard InChI is InChI=1S/C33H32F3N3/c1-4-8-32(37)39-28-16-13-23(14-17-28)22(5-2)19-27(21-31(38-3)33(34,35)36)25-15-18-30-26(20-25)12-11-24-9-6-7-10-29(24)30/h4,6-7,9-18,20-22,39H,5,19,37H2,1-3H3/b27-21+,38-31?. The first-order valence-electron chi connectivity index (χ1n) is 12.9. The zero-order chi connectivity index (χ0) is 28.0. The van der Waals surface area contributed by atoms with E-state index in [1.807, 2.05) is 80.6 Å². The minimum Gasteiger partial charge on any atom is -0.379 e. The molecule has 0 radical (unpaired) electrons. The molecule has 4 aromatic carbocycles. The summed E-state index contributed by atoms with van der Waals surface area (Å²) in [5, 5.41) is 7.36. The lowest BCUT2D eigenvalue weighted by Gasteiger charge is -2.20. The average molecular weight is 528 g/mol. The van der Waals surface area contributed by atoms with Gasteiger partial charge in [0.15, 0.2) is 0 Å². The van der Waals surface area contributed by atoms with E-state index in [0.717, 1.165) is 44.8 Å². The smallest absolute Gasteiger partial charge is 0.379 e. The molecule has 1 atom stereocenters. The van der Waals surface area contributed by atoms with Crippen molar-refractivity contribution in [2.24, 2.45) is 10.7 Å². The van der Waals surface area contributed by atoms with Crippen molar-refractivity contribution in [2.45, 2.75) is 38.8 Å². The Hall–Kier alpha value is -4.28. The number of hydrogen-bond acceptors (Lipinski definition) is 3. The summed E-state index contributed by atoms with van der Waals surface area (Å²) in [5.41, 5.74) is 11.1. The molecule has 0 fully saturated rings. The largest absolute Gasteiger partial charge is 0.432 e. The van der Waals surface area contributed by atoms with Crippen LogP contribution in [-0.2, 0) is 0 Å². The maximum absolute atomic E-state index is 13.8. The normalized spacial score (nSPS) is 13.3. The SMILES string of the molecule is CC=C=C(N)Nc1ccc(C(CC)C/C(=C\C(=NC)C(F)(F)F)c2ccc3c(ccc4ccccc43)c2)cc1. The Morgan fingerprint density at radius 1 is 0.974 bits per heavy atom. The van der Waals surface area contributed by atoms with E-state index in [-0.39, 0.29) is 5.92 Å². The first-order valence-corrected chi connectivity index (χ1v) is 12.9. The van der Waals surface area contributed by atoms with Crippen LogP contribution < -0.4 is 11.1 Å². The summed E-state index contributed by atoms with van der Waals surface area (Å²) in [6, 6.07) is 25.9. The third kappa shape index (κ3) is 6.60. The van der Waals surface area contributed by atoms with E-state index >= 15 is 0 Å². The van der Waals surface area contributed by atoms with Crippen molar-refractivity contribution < 1.29 is 13.2 Å². The predicted octanol–water partition coefficient (Wildman–Crippen LogP) is 8.98. The van der Waals surface area contributed by atoms with E-state index < -0.39 is 11.9 Å². The fourth-order valence-electron chi connectivity index (χ4n) is 4.86. The molecule has 0 heterocycles. The van der Waals surface area contributed by atoms with Crippen LogP contribution in [0.2, 0.25) is 0 Å². The monoisotopic (exact) mass is 527 g/mol. The van der Waals surface area contributed by atoms with Crippen molar-refractivity contribution in [1.82, 2.24) is 0 Å². The summed E-state index contributed by atoms with van der Waals surface area (Å²) in [5.74, 6) is 0.414. The summed E-state index contributed by atoms with van der Waals surface area (Å²) in [4.78, 5) is 3.57. The Labute approximate surface area is 227 Å². The van der Waals surface area contributed by atoms with E-state index in [4.69, 9.17) is 5.73 Å². The molecule has 3 N–H and O–H groups in total. The second kappa shape index (κ2) is 12.1. The molecule has 0 saturated heterocycles. The second-order valence-corrected chi connectivity index (χ2v) is 9.40. The molecule has 0 amide bonds. The van der Waals surface area contributed by atoms with Crippen LogP contribution in [0.5, 0.6) is 0 Å². The number of rotatable bonds is 8. The van der Waals surface area contributed by atoms with Crippen LogP contribution in [0.4, 0.5) is 18.9 Å². The third-order valence-corrected chi connectivity index (χ3v) is 6.88. The van der Waals surface area contributed by atoms with Gasteiger partial charge in [-0.25, -0.2) is 0 Å². The van der Waals surface area contributed by atoms with Gasteiger partial charge in [0.1, 0.15) is 11.5 Å². The minimum atomic E-state index is -4.54. The number of fused-ring (bicyclic) bond motifs is 3. The summed E-state index contributed by atoms with van der Waals surface area (Å²) in [7, 11) is 1.18. The van der Waals surface area contributed by atoms with Crippen molar-refractivity contribution in [3.8, 4) is 0 Å². The van der Waals surface area contributed by atoms with Gasteiger partial charge >= 0.3 is 6.18 Å². The number of hydrogen-bond donors (Lipinski definition) is 2. The van der Waals surface area contributed by atoms with Gasteiger partial charge in [-0.2, -0.15) is 13.2 Å². The van der Waals surface area contributed by atoms with E-state index in [2.05, 4.69) is 28.2 Å². The molecule has 0 saturated carbocycles. The maximum Gasteiger partial charge on any atom is 0.432 e. The number of anilines is 1. The van der Waals surface area contributed by atoms with Crippen LogP contribution in [0.1, 0.15) is 43.7 Å². The average Bonchev–Trinajstić information content (AvgIpc) is 2.93. The molecule has 3 nitrogen and oxygen atoms in total. The predicted molar refractivity (Wildman–Crippen MR) is 158 cm³/mol. The molecule has 0 aliphatic rings. The van der Waals surface area contributed by atoms with Crippen molar-refractivity contribution in [1.29, 1.82) is 0 Å². The highest BCUT2D eigenvalue weighted by Crippen LogP contribution is 2.36. The highest BCUT2D eigenvalue weighted by Gasteiger charge is 2.34. The van der Waals surface area contributed by atoms with Gasteiger partial charge in [0.2, 0.25) is 0 Å². The quantitative estimate of drug-likeness (QED) is 0.136. The number of nitrogens with zero attached hydrogens (tertiary/aromatic N) is 1. The van der Waals surface area contributed by atoms with Gasteiger partial charge in [0, 0.05) is 12.7 Å². The first kappa shape index (κ1) is 27.7. The Morgan fingerprint density at radius 2 is 1.67 bits per heavy atom. The molecule has 6 heteroatoms. The van der Waals surface area contributed by atoms with Gasteiger partial charge in [-0.15, -0.1) is 0 Å². The van der Waals surface area contributed by atoms with Crippen LogP contribution in [-0.4, -0.2) is 18.9 Å². The Bertz CT molecular complexity index is 1590. The second-order valence-electron chi connectivity index (χ2n) is 9.40. The maximum atomic E-state index is 13.8. The van der Waals surface area contributed by atoms with Gasteiger partial charge in [0.05, 0.1) is 0 Å². The summed E-state index contributed by atoms with van der Waals surface area (Å²) < 4.78 is 41.3. The van der Waals surface area contributed by atoms with E-state index in [1.54, 1.807) is 6.08 Å². The van der Waals surface area contributed by atoms with E-state index in [1.165, 1.54) is 13.1 Å². The van der Waals surface area contributed by atoms with E-state index in [9.17, 15) is 13.2 Å². The van der Waals surface area contributed by atoms with Crippen LogP contribution in [0, 0.1) is 0 Å². The number of nitrogens with two attached hydrogens (primary N) is 1. The van der Waals surface area contributed by atoms with Crippen molar-refractivity contribution in [2.75, 3.05) is 12.4 Å². The van der Waals surface area contributed by atoms with Crippen molar-refractivity contribution in [3.05, 3.63) is 114 Å². The van der Waals surface area contributed by atoms with E-state index in [0.29, 0.717) is 17.8 Å². The summed E-state index contributed by atoms with van der Waals surface area (Å²) in [6.45, 7) is 3.88. The number of alkyl halides is 3. The number of nitrogens with one attached hydrogen (secondary N) is 1. The lowest BCUT2D eigenvalue weighted by molar-refractivity contribution is -0.0577. The summed E-state index contributed by atoms with van der Waals surface area (Å²) >= 11 is 0. The first-order chi connectivity index (χ1) is 18.7. The Morgan fingerprint density at radius 3 is 2.33 bits per heavy atom. The highest BCUT2D eigenvalue weighted by molar-refractivity contribution is 6.09. The fraction of sp³-hybridized carbons (Fsp3) is 0.212. The Kier molecular flexibility index (Phi) is 8.58. The molecule has 1 unspecified atom stereocenters. The molecule has 39 heavy (non-hydrogen) atoms. The zero-order valence-electron chi connectivity index (χ0n) is 22.3. The molecule has 0 spiro atoms. The van der Waals surface area contributed by atoms with Crippen molar-refractivity contribution >= 4 is 38.5 Å². The van der Waals surface area contributed by atoms with Gasteiger partial charge in [0.25, 0.3) is 0 Å². The number of halogens is 3. The lowest BCUT2D eigenvalue weighted by atomic mass is 9.86. The Balaban J connectivity index is 1.74. The molecule has 0 aliphatic heterocycles. The highest BCUT2D eigenvalue weighted by atomic mass is 19.4. The van der Waals surface area contributed by atoms with Gasteiger partial charge < -0.3 is 11.1 Å². The van der Waals surface area contributed by atoms with Gasteiger partial charge in [-0.05, 0) is 94.3 Å². The summed E-state index contributed by atoms with van der Waals surface area (Å²) in [6.07, 6.45) is -0.431. The molecule has 4 rings (SSSR count). The minimum absolute atomic E-state index is 0.00682. The number of aliphatic imine (C=N–C) groups is 1. The van der Waals surface area contributed by atoms with Crippen LogP contribution in [0.25, 0.3) is 27.1 Å². The topological polar surface area (TPSA) is 50.4 Å². The molecule has 0 aliphatic carbocycles. The zero-order valence-corrected chi connectivity index (χ0v) is 22.3. The van der Waals surface area contributed by atoms with Gasteiger partial charge in [-0.1, -0.05) is 73.3 Å². The van der Waals surface area contributed by atoms with Crippen molar-refractivity contribution in [3.63, 3.8) is 0 Å². The molecule has 0 bridgehead atoms. The number of benzene rings is 4. The third-order valence-electron chi connectivity index (χ3n) is 6.88. The van der Waals surface area contributed by atoms with Crippen LogP contribution >= 0.6 is 0 Å². The van der Waals surface area contributed by atoms with Crippen LogP contribution in [0.15, 0.2) is 108 Å². The molecular weight excluding hydrogens is 495 g/mol. The number of allylic oxidation sites excluding steroid dienone is 3. The fourth-order valence-corrected chi connectivity index (χ4v) is 4.86. The molecule has 4 aromatic rings. The molecule has 200 valence electrons.